The lowest BCUT2D eigenvalue weighted by Gasteiger charge is -2.08. The van der Waals surface area contributed by atoms with E-state index in [4.69, 9.17) is 10.00 Å². The van der Waals surface area contributed by atoms with Crippen molar-refractivity contribution >= 4 is 5.91 Å². The van der Waals surface area contributed by atoms with Crippen LogP contribution in [0.3, 0.4) is 0 Å². The summed E-state index contributed by atoms with van der Waals surface area (Å²) in [6, 6.07) is 9.65. The highest BCUT2D eigenvalue weighted by Gasteiger charge is 2.16. The summed E-state index contributed by atoms with van der Waals surface area (Å²) in [6.07, 6.45) is 2.45. The summed E-state index contributed by atoms with van der Waals surface area (Å²) in [5, 5.41) is 11.6. The van der Waals surface area contributed by atoms with Gasteiger partial charge in [0.2, 0.25) is 0 Å². The lowest BCUT2D eigenvalue weighted by atomic mass is 10.2. The van der Waals surface area contributed by atoms with Crippen LogP contribution >= 0.6 is 0 Å². The van der Waals surface area contributed by atoms with Crippen molar-refractivity contribution in [1.82, 2.24) is 5.32 Å². The zero-order chi connectivity index (χ0) is 13.7. The molecule has 4 heteroatoms. The van der Waals surface area contributed by atoms with Crippen LogP contribution in [0.25, 0.3) is 0 Å². The minimum atomic E-state index is -0.217. The van der Waals surface area contributed by atoms with E-state index >= 15 is 0 Å². The fraction of sp³-hybridized carbons (Fsp3) is 0.333. The van der Waals surface area contributed by atoms with Gasteiger partial charge in [0, 0.05) is 11.3 Å². The second-order valence-electron chi connectivity index (χ2n) is 4.57. The van der Waals surface area contributed by atoms with Gasteiger partial charge in [-0.1, -0.05) is 17.7 Å². The molecule has 0 atom stereocenters. The van der Waals surface area contributed by atoms with Gasteiger partial charge in [0.05, 0.1) is 6.07 Å². The van der Waals surface area contributed by atoms with Crippen molar-refractivity contribution in [2.24, 2.45) is 0 Å². The number of amides is 1. The topological polar surface area (TPSA) is 62.1 Å². The number of rotatable bonds is 4. The fourth-order valence-electron chi connectivity index (χ4n) is 1.99. The smallest absolute Gasteiger partial charge is 0.262 e. The maximum atomic E-state index is 11.7. The highest BCUT2D eigenvalue weighted by atomic mass is 16.5. The number of nitrogens with one attached hydrogen (secondary N) is 1. The Kier molecular flexibility index (Phi) is 4.19. The molecule has 98 valence electrons. The van der Waals surface area contributed by atoms with E-state index in [1.807, 2.05) is 31.2 Å². The number of benzene rings is 1. The predicted octanol–water partition coefficient (Wildman–Crippen LogP) is 2.45. The van der Waals surface area contributed by atoms with Crippen molar-refractivity contribution in [1.29, 1.82) is 5.26 Å². The molecule has 4 nitrogen and oxygen atoms in total. The van der Waals surface area contributed by atoms with Crippen molar-refractivity contribution in [3.8, 4) is 11.8 Å². The third-order valence-corrected chi connectivity index (χ3v) is 3.03. The first kappa shape index (κ1) is 13.2. The number of hydrogen-bond donors (Lipinski definition) is 1. The van der Waals surface area contributed by atoms with E-state index in [0.717, 1.165) is 30.5 Å². The molecule has 1 aliphatic carbocycles. The van der Waals surface area contributed by atoms with Crippen molar-refractivity contribution in [2.75, 3.05) is 6.61 Å². The quantitative estimate of drug-likeness (QED) is 0.900. The molecular formula is C15H16N2O2. The van der Waals surface area contributed by atoms with Crippen LogP contribution < -0.4 is 10.1 Å². The van der Waals surface area contributed by atoms with Crippen LogP contribution in [-0.2, 0) is 4.79 Å². The molecule has 0 spiro atoms. The molecule has 0 saturated carbocycles. The number of nitrogens with zero attached hydrogens (tertiary/aromatic N) is 1. The predicted molar refractivity (Wildman–Crippen MR) is 71.3 cm³/mol. The van der Waals surface area contributed by atoms with E-state index in [9.17, 15) is 4.79 Å². The maximum absolute atomic E-state index is 11.7. The minimum absolute atomic E-state index is 0.0364. The Bertz CT molecular complexity index is 538. The summed E-state index contributed by atoms with van der Waals surface area (Å²) in [7, 11) is 0. The molecule has 0 bridgehead atoms. The van der Waals surface area contributed by atoms with E-state index in [0.29, 0.717) is 11.3 Å². The van der Waals surface area contributed by atoms with Crippen LogP contribution in [0.1, 0.15) is 24.8 Å². The Hall–Kier alpha value is -2.28. The number of hydrogen-bond acceptors (Lipinski definition) is 3. The van der Waals surface area contributed by atoms with Gasteiger partial charge in [0.1, 0.15) is 5.75 Å². The van der Waals surface area contributed by atoms with E-state index in [1.54, 1.807) is 0 Å². The van der Waals surface area contributed by atoms with Gasteiger partial charge in [-0.05, 0) is 38.3 Å². The number of carbonyl (C=O) groups excluding carboxylic acids is 1. The Morgan fingerprint density at radius 1 is 1.37 bits per heavy atom. The Labute approximate surface area is 112 Å². The number of allylic oxidation sites excluding steroid dienone is 2. The van der Waals surface area contributed by atoms with E-state index in [2.05, 4.69) is 11.4 Å². The molecule has 0 heterocycles. The number of ether oxygens (including phenoxy) is 1. The second kappa shape index (κ2) is 6.05. The monoisotopic (exact) mass is 256 g/mol. The Balaban J connectivity index is 1.85. The first-order valence-corrected chi connectivity index (χ1v) is 6.30. The Morgan fingerprint density at radius 3 is 2.79 bits per heavy atom. The van der Waals surface area contributed by atoms with Gasteiger partial charge < -0.3 is 10.1 Å². The summed E-state index contributed by atoms with van der Waals surface area (Å²) in [5.41, 5.74) is 2.58. The fourth-order valence-corrected chi connectivity index (χ4v) is 1.99. The van der Waals surface area contributed by atoms with Gasteiger partial charge in [-0.2, -0.15) is 5.26 Å². The maximum Gasteiger partial charge on any atom is 0.262 e. The van der Waals surface area contributed by atoms with Crippen LogP contribution in [0.4, 0.5) is 0 Å². The van der Waals surface area contributed by atoms with Crippen LogP contribution in [-0.4, -0.2) is 12.5 Å². The third kappa shape index (κ3) is 3.59. The largest absolute Gasteiger partial charge is 0.484 e. The molecule has 0 saturated heterocycles. The zero-order valence-electron chi connectivity index (χ0n) is 10.9. The van der Waals surface area contributed by atoms with E-state index in [1.165, 1.54) is 0 Å². The molecule has 1 aromatic carbocycles. The van der Waals surface area contributed by atoms with Crippen LogP contribution in [0.2, 0.25) is 0 Å². The van der Waals surface area contributed by atoms with Gasteiger partial charge in [-0.25, -0.2) is 0 Å². The highest BCUT2D eigenvalue weighted by Crippen LogP contribution is 2.23. The molecular weight excluding hydrogens is 240 g/mol. The average molecular weight is 256 g/mol. The third-order valence-electron chi connectivity index (χ3n) is 3.03. The van der Waals surface area contributed by atoms with Crippen molar-refractivity contribution in [3.63, 3.8) is 0 Å². The average Bonchev–Trinajstić information content (AvgIpc) is 2.85. The molecule has 19 heavy (non-hydrogen) atoms. The summed E-state index contributed by atoms with van der Waals surface area (Å²) in [6.45, 7) is 1.96. The molecule has 0 fully saturated rings. The van der Waals surface area contributed by atoms with Crippen molar-refractivity contribution in [2.45, 2.75) is 26.2 Å². The van der Waals surface area contributed by atoms with Gasteiger partial charge in [0.25, 0.3) is 5.91 Å². The highest BCUT2D eigenvalue weighted by molar-refractivity contribution is 5.79. The molecule has 1 N–H and O–H groups in total. The molecule has 0 aliphatic heterocycles. The standard InChI is InChI=1S/C15H16N2O2/c1-11-5-7-13(8-6-11)19-10-15(18)17-14-4-2-3-12(14)9-16/h5-8H,2-4,10H2,1H3,(H,17,18). The first-order chi connectivity index (χ1) is 9.19. The zero-order valence-corrected chi connectivity index (χ0v) is 10.9. The molecule has 1 aromatic rings. The number of carbonyl (C=O) groups is 1. The SMILES string of the molecule is Cc1ccc(OCC(=O)NC2=C(C#N)CCC2)cc1. The number of aryl methyl sites for hydroxylation is 1. The molecule has 0 radical (unpaired) electrons. The van der Waals surface area contributed by atoms with E-state index < -0.39 is 0 Å². The number of nitriles is 1. The van der Waals surface area contributed by atoms with Crippen molar-refractivity contribution < 1.29 is 9.53 Å². The van der Waals surface area contributed by atoms with Crippen molar-refractivity contribution in [3.05, 3.63) is 41.1 Å². The molecule has 0 aromatic heterocycles. The summed E-state index contributed by atoms with van der Waals surface area (Å²) >= 11 is 0. The first-order valence-electron chi connectivity index (χ1n) is 6.30. The van der Waals surface area contributed by atoms with Crippen LogP contribution in [0, 0.1) is 18.3 Å². The Morgan fingerprint density at radius 2 is 2.11 bits per heavy atom. The van der Waals surface area contributed by atoms with Gasteiger partial charge in [-0.3, -0.25) is 4.79 Å². The van der Waals surface area contributed by atoms with Gasteiger partial charge >= 0.3 is 0 Å². The lowest BCUT2D eigenvalue weighted by Crippen LogP contribution is -2.28. The van der Waals surface area contributed by atoms with E-state index in [-0.39, 0.29) is 12.5 Å². The second-order valence-corrected chi connectivity index (χ2v) is 4.57. The van der Waals surface area contributed by atoms with Crippen LogP contribution in [0.5, 0.6) is 5.75 Å². The minimum Gasteiger partial charge on any atom is -0.484 e. The van der Waals surface area contributed by atoms with Crippen LogP contribution in [0.15, 0.2) is 35.5 Å². The molecule has 1 aliphatic rings. The molecule has 2 rings (SSSR count). The summed E-state index contributed by atoms with van der Waals surface area (Å²) < 4.78 is 5.38. The van der Waals surface area contributed by atoms with Gasteiger partial charge in [-0.15, -0.1) is 0 Å². The lowest BCUT2D eigenvalue weighted by molar-refractivity contribution is -0.122. The molecule has 0 unspecified atom stereocenters. The summed E-state index contributed by atoms with van der Waals surface area (Å²) in [5.74, 6) is 0.451. The summed E-state index contributed by atoms with van der Waals surface area (Å²) in [4.78, 5) is 11.7. The normalized spacial score (nSPS) is 14.1. The van der Waals surface area contributed by atoms with Gasteiger partial charge in [0.15, 0.2) is 6.61 Å². The molecule has 1 amide bonds.